The van der Waals surface area contributed by atoms with E-state index in [4.69, 9.17) is 5.73 Å². The molecule has 104 valence electrons. The fraction of sp³-hybridized carbons (Fsp3) is 0.647. The summed E-state index contributed by atoms with van der Waals surface area (Å²) in [6, 6.07) is 10.8. The topological polar surface area (TPSA) is 29.3 Å². The molecule has 2 nitrogen and oxygen atoms in total. The summed E-state index contributed by atoms with van der Waals surface area (Å²) in [5.41, 5.74) is 9.25. The van der Waals surface area contributed by atoms with E-state index in [0.29, 0.717) is 6.04 Å². The maximum Gasteiger partial charge on any atom is 0.0242 e. The fourth-order valence-electron chi connectivity index (χ4n) is 4.03. The first kappa shape index (κ1) is 13.1. The van der Waals surface area contributed by atoms with E-state index in [2.05, 4.69) is 36.1 Å². The molecule has 2 aliphatic rings. The minimum absolute atomic E-state index is 0.438. The highest BCUT2D eigenvalue weighted by Gasteiger charge is 2.36. The Balaban J connectivity index is 1.78. The smallest absolute Gasteiger partial charge is 0.0242 e. The summed E-state index contributed by atoms with van der Waals surface area (Å²) in [5.74, 6) is 0. The number of nitrogens with zero attached hydrogens (tertiary/aromatic N) is 1. The molecule has 2 heterocycles. The molecule has 2 saturated heterocycles. The van der Waals surface area contributed by atoms with E-state index in [1.165, 1.54) is 43.2 Å². The first-order valence-corrected chi connectivity index (χ1v) is 7.86. The van der Waals surface area contributed by atoms with Gasteiger partial charge in [0.15, 0.2) is 0 Å². The normalized spacial score (nSPS) is 31.4. The van der Waals surface area contributed by atoms with Crippen molar-refractivity contribution >= 4 is 0 Å². The third kappa shape index (κ3) is 2.70. The summed E-state index contributed by atoms with van der Waals surface area (Å²) < 4.78 is 0. The van der Waals surface area contributed by atoms with Gasteiger partial charge in [0.1, 0.15) is 0 Å². The molecule has 0 aromatic heterocycles. The van der Waals surface area contributed by atoms with Crippen molar-refractivity contribution in [2.45, 2.75) is 70.1 Å². The lowest BCUT2D eigenvalue weighted by Gasteiger charge is -2.48. The van der Waals surface area contributed by atoms with E-state index >= 15 is 0 Å². The van der Waals surface area contributed by atoms with Crippen LogP contribution in [0.5, 0.6) is 0 Å². The number of aryl methyl sites for hydroxylation is 1. The molecule has 2 aliphatic heterocycles. The Morgan fingerprint density at radius 2 is 1.74 bits per heavy atom. The molecule has 1 aromatic carbocycles. The Morgan fingerprint density at radius 1 is 1.11 bits per heavy atom. The Bertz CT molecular complexity index is 415. The van der Waals surface area contributed by atoms with E-state index in [1.54, 1.807) is 0 Å². The number of nitrogens with two attached hydrogens (primary N) is 1. The highest BCUT2D eigenvalue weighted by Crippen LogP contribution is 2.34. The van der Waals surface area contributed by atoms with Gasteiger partial charge < -0.3 is 5.73 Å². The summed E-state index contributed by atoms with van der Waals surface area (Å²) in [6.07, 6.45) is 7.62. The summed E-state index contributed by atoms with van der Waals surface area (Å²) >= 11 is 0. The summed E-state index contributed by atoms with van der Waals surface area (Å²) in [7, 11) is 0. The van der Waals surface area contributed by atoms with Crippen LogP contribution >= 0.6 is 0 Å². The summed E-state index contributed by atoms with van der Waals surface area (Å²) in [5, 5.41) is 0. The lowest BCUT2D eigenvalue weighted by atomic mass is 9.81. The summed E-state index contributed by atoms with van der Waals surface area (Å²) in [6.45, 7) is 3.39. The number of fused-ring (bicyclic) bond motifs is 2. The predicted octanol–water partition coefficient (Wildman–Crippen LogP) is 3.09. The van der Waals surface area contributed by atoms with Crippen molar-refractivity contribution in [1.29, 1.82) is 0 Å². The van der Waals surface area contributed by atoms with Crippen LogP contribution in [-0.4, -0.2) is 23.0 Å². The molecule has 19 heavy (non-hydrogen) atoms. The zero-order chi connectivity index (χ0) is 13.2. The van der Waals surface area contributed by atoms with Crippen LogP contribution in [0.15, 0.2) is 24.3 Å². The summed E-state index contributed by atoms with van der Waals surface area (Å²) in [4.78, 5) is 2.75. The average Bonchev–Trinajstić information content (AvgIpc) is 2.40. The van der Waals surface area contributed by atoms with E-state index < -0.39 is 0 Å². The predicted molar refractivity (Wildman–Crippen MR) is 80.0 cm³/mol. The molecule has 2 unspecified atom stereocenters. The van der Waals surface area contributed by atoms with E-state index in [9.17, 15) is 0 Å². The molecule has 1 aromatic rings. The number of hydrogen-bond donors (Lipinski definition) is 1. The Kier molecular flexibility index (Phi) is 3.90. The second-order valence-corrected chi connectivity index (χ2v) is 6.26. The van der Waals surface area contributed by atoms with Gasteiger partial charge >= 0.3 is 0 Å². The molecule has 0 radical (unpaired) electrons. The van der Waals surface area contributed by atoms with Crippen molar-refractivity contribution < 1.29 is 0 Å². The fourth-order valence-corrected chi connectivity index (χ4v) is 4.03. The molecule has 3 rings (SSSR count). The molecule has 0 spiro atoms. The van der Waals surface area contributed by atoms with Crippen LogP contribution in [0.2, 0.25) is 0 Å². The number of benzene rings is 1. The van der Waals surface area contributed by atoms with E-state index in [1.807, 2.05) is 0 Å². The van der Waals surface area contributed by atoms with Gasteiger partial charge in [-0.15, -0.1) is 0 Å². The van der Waals surface area contributed by atoms with Gasteiger partial charge in [-0.1, -0.05) is 37.6 Å². The number of piperidine rings is 2. The first-order valence-electron chi connectivity index (χ1n) is 7.86. The minimum atomic E-state index is 0.438. The van der Waals surface area contributed by atoms with Gasteiger partial charge in [0.25, 0.3) is 0 Å². The zero-order valence-electron chi connectivity index (χ0n) is 12.0. The van der Waals surface area contributed by atoms with Gasteiger partial charge in [0.05, 0.1) is 0 Å². The Hall–Kier alpha value is -0.860. The van der Waals surface area contributed by atoms with Crippen molar-refractivity contribution in [3.63, 3.8) is 0 Å². The van der Waals surface area contributed by atoms with Crippen LogP contribution in [0.1, 0.15) is 50.2 Å². The molecular weight excluding hydrogens is 232 g/mol. The SMILES string of the molecule is CCc1ccccc1CN1C2CCCC1CC(N)C2. The number of hydrogen-bond acceptors (Lipinski definition) is 2. The monoisotopic (exact) mass is 258 g/mol. The van der Waals surface area contributed by atoms with Crippen molar-refractivity contribution in [1.82, 2.24) is 4.90 Å². The van der Waals surface area contributed by atoms with E-state index in [-0.39, 0.29) is 0 Å². The maximum atomic E-state index is 6.21. The van der Waals surface area contributed by atoms with Gasteiger partial charge in [0, 0.05) is 24.7 Å². The molecule has 0 saturated carbocycles. The van der Waals surface area contributed by atoms with Crippen LogP contribution in [0, 0.1) is 0 Å². The Morgan fingerprint density at radius 3 is 2.37 bits per heavy atom. The Labute approximate surface area is 117 Å². The molecule has 2 N–H and O–H groups in total. The van der Waals surface area contributed by atoms with Crippen molar-refractivity contribution in [2.75, 3.05) is 0 Å². The highest BCUT2D eigenvalue weighted by molar-refractivity contribution is 5.27. The molecule has 0 aliphatic carbocycles. The average molecular weight is 258 g/mol. The highest BCUT2D eigenvalue weighted by atomic mass is 15.2. The molecule has 0 amide bonds. The van der Waals surface area contributed by atoms with E-state index in [0.717, 1.165) is 25.0 Å². The lowest BCUT2D eigenvalue weighted by molar-refractivity contribution is 0.0243. The minimum Gasteiger partial charge on any atom is -0.328 e. The van der Waals surface area contributed by atoms with Crippen LogP contribution in [0.3, 0.4) is 0 Å². The maximum absolute atomic E-state index is 6.21. The third-order valence-corrected chi connectivity index (χ3v) is 5.01. The van der Waals surface area contributed by atoms with Crippen LogP contribution in [-0.2, 0) is 13.0 Å². The van der Waals surface area contributed by atoms with Crippen LogP contribution < -0.4 is 5.73 Å². The molecule has 2 fully saturated rings. The lowest BCUT2D eigenvalue weighted by Crippen LogP contribution is -2.54. The third-order valence-electron chi connectivity index (χ3n) is 5.01. The molecular formula is C17H26N2. The zero-order valence-corrected chi connectivity index (χ0v) is 12.0. The molecule has 2 atom stereocenters. The van der Waals surface area contributed by atoms with Gasteiger partial charge in [0.2, 0.25) is 0 Å². The standard InChI is InChI=1S/C17H26N2/c1-2-13-6-3-4-7-14(13)12-19-16-8-5-9-17(19)11-15(18)10-16/h3-4,6-7,15-17H,2,5,8-12,18H2,1H3. The van der Waals surface area contributed by atoms with Gasteiger partial charge in [-0.2, -0.15) is 0 Å². The van der Waals surface area contributed by atoms with Crippen molar-refractivity contribution in [3.8, 4) is 0 Å². The second-order valence-electron chi connectivity index (χ2n) is 6.26. The van der Waals surface area contributed by atoms with Crippen molar-refractivity contribution in [2.24, 2.45) is 5.73 Å². The molecule has 2 heteroatoms. The van der Waals surface area contributed by atoms with Crippen LogP contribution in [0.4, 0.5) is 0 Å². The number of rotatable bonds is 3. The van der Waals surface area contributed by atoms with Crippen LogP contribution in [0.25, 0.3) is 0 Å². The van der Waals surface area contributed by atoms with Gasteiger partial charge in [-0.25, -0.2) is 0 Å². The second kappa shape index (κ2) is 5.64. The quantitative estimate of drug-likeness (QED) is 0.902. The van der Waals surface area contributed by atoms with Crippen molar-refractivity contribution in [3.05, 3.63) is 35.4 Å². The van der Waals surface area contributed by atoms with Gasteiger partial charge in [-0.3, -0.25) is 4.90 Å². The first-order chi connectivity index (χ1) is 9.28. The van der Waals surface area contributed by atoms with Gasteiger partial charge in [-0.05, 0) is 43.2 Å². The molecule has 2 bridgehead atoms. The largest absolute Gasteiger partial charge is 0.328 e.